The molecule has 2 rings (SSSR count). The number of benzene rings is 1. The number of rotatable bonds is 6. The molecule has 0 aliphatic carbocycles. The lowest BCUT2D eigenvalue weighted by molar-refractivity contribution is 0.0937. The van der Waals surface area contributed by atoms with E-state index < -0.39 is 10.0 Å². The SMILES string of the molecule is COCCNC(=O)c1cccc(S(=O)(=O)N2CCC(C)CC2)c1. The van der Waals surface area contributed by atoms with E-state index in [1.54, 1.807) is 25.3 Å². The summed E-state index contributed by atoms with van der Waals surface area (Å²) in [7, 11) is -1.98. The Hall–Kier alpha value is -1.44. The van der Waals surface area contributed by atoms with E-state index in [1.165, 1.54) is 10.4 Å². The Morgan fingerprint density at radius 1 is 1.35 bits per heavy atom. The van der Waals surface area contributed by atoms with Gasteiger partial charge in [0, 0.05) is 32.3 Å². The van der Waals surface area contributed by atoms with Gasteiger partial charge < -0.3 is 10.1 Å². The molecule has 128 valence electrons. The number of hydrogen-bond acceptors (Lipinski definition) is 4. The van der Waals surface area contributed by atoms with Gasteiger partial charge in [-0.1, -0.05) is 13.0 Å². The monoisotopic (exact) mass is 340 g/mol. The van der Waals surface area contributed by atoms with Crippen molar-refractivity contribution < 1.29 is 17.9 Å². The highest BCUT2D eigenvalue weighted by Crippen LogP contribution is 2.23. The molecule has 1 heterocycles. The van der Waals surface area contributed by atoms with Crippen LogP contribution in [0.4, 0.5) is 0 Å². The zero-order chi connectivity index (χ0) is 16.9. The summed E-state index contributed by atoms with van der Waals surface area (Å²) in [5.41, 5.74) is 0.340. The average molecular weight is 340 g/mol. The summed E-state index contributed by atoms with van der Waals surface area (Å²) in [6, 6.07) is 6.19. The summed E-state index contributed by atoms with van der Waals surface area (Å²) in [6.07, 6.45) is 1.74. The molecule has 1 aromatic carbocycles. The van der Waals surface area contributed by atoms with Crippen LogP contribution in [0.2, 0.25) is 0 Å². The first-order chi connectivity index (χ1) is 10.9. The van der Waals surface area contributed by atoms with Gasteiger partial charge in [-0.05, 0) is 37.0 Å². The van der Waals surface area contributed by atoms with Crippen LogP contribution in [0.25, 0.3) is 0 Å². The zero-order valence-electron chi connectivity index (χ0n) is 13.6. The van der Waals surface area contributed by atoms with Gasteiger partial charge in [0.15, 0.2) is 0 Å². The van der Waals surface area contributed by atoms with Crippen LogP contribution in [-0.4, -0.2) is 52.0 Å². The minimum Gasteiger partial charge on any atom is -0.383 e. The van der Waals surface area contributed by atoms with E-state index in [0.717, 1.165) is 12.8 Å². The van der Waals surface area contributed by atoms with Gasteiger partial charge in [0.05, 0.1) is 11.5 Å². The standard InChI is InChI=1S/C16H24N2O4S/c1-13-6-9-18(10-7-13)23(20,21)15-5-3-4-14(12-15)16(19)17-8-11-22-2/h3-5,12-13H,6-11H2,1-2H3,(H,17,19). The van der Waals surface area contributed by atoms with E-state index in [4.69, 9.17) is 4.74 Å². The maximum atomic E-state index is 12.7. The quantitative estimate of drug-likeness (QED) is 0.796. The van der Waals surface area contributed by atoms with Crippen molar-refractivity contribution in [3.05, 3.63) is 29.8 Å². The molecule has 1 aromatic rings. The molecular weight excluding hydrogens is 316 g/mol. The lowest BCUT2D eigenvalue weighted by Crippen LogP contribution is -2.38. The molecule has 0 spiro atoms. The number of hydrogen-bond donors (Lipinski definition) is 1. The summed E-state index contributed by atoms with van der Waals surface area (Å²) >= 11 is 0. The predicted molar refractivity (Wildman–Crippen MR) is 87.8 cm³/mol. The van der Waals surface area contributed by atoms with Crippen molar-refractivity contribution in [3.8, 4) is 0 Å². The fourth-order valence-electron chi connectivity index (χ4n) is 2.54. The maximum Gasteiger partial charge on any atom is 0.251 e. The second-order valence-electron chi connectivity index (χ2n) is 5.86. The molecule has 23 heavy (non-hydrogen) atoms. The number of carbonyl (C=O) groups is 1. The Morgan fingerprint density at radius 3 is 2.70 bits per heavy atom. The fourth-order valence-corrected chi connectivity index (χ4v) is 4.06. The van der Waals surface area contributed by atoms with Crippen molar-refractivity contribution in [1.82, 2.24) is 9.62 Å². The third-order valence-corrected chi connectivity index (χ3v) is 5.96. The van der Waals surface area contributed by atoms with Crippen LogP contribution in [0.15, 0.2) is 29.2 Å². The largest absolute Gasteiger partial charge is 0.383 e. The van der Waals surface area contributed by atoms with Gasteiger partial charge in [0.1, 0.15) is 0 Å². The van der Waals surface area contributed by atoms with Crippen molar-refractivity contribution in [1.29, 1.82) is 0 Å². The molecule has 1 saturated heterocycles. The first-order valence-electron chi connectivity index (χ1n) is 7.82. The van der Waals surface area contributed by atoms with Crippen LogP contribution in [0, 0.1) is 5.92 Å². The topological polar surface area (TPSA) is 75.7 Å². The Bertz CT molecular complexity index is 637. The van der Waals surface area contributed by atoms with Crippen LogP contribution in [0.5, 0.6) is 0 Å². The summed E-state index contributed by atoms with van der Waals surface area (Å²) in [6.45, 7) is 4.00. The lowest BCUT2D eigenvalue weighted by atomic mass is 10.0. The number of ether oxygens (including phenoxy) is 1. The van der Waals surface area contributed by atoms with Gasteiger partial charge in [-0.15, -0.1) is 0 Å². The molecule has 1 aliphatic rings. The number of amides is 1. The normalized spacial score (nSPS) is 17.1. The molecule has 0 atom stereocenters. The third kappa shape index (κ3) is 4.53. The number of sulfonamides is 1. The van der Waals surface area contributed by atoms with Crippen LogP contribution >= 0.6 is 0 Å². The Balaban J connectivity index is 2.13. The number of piperidine rings is 1. The zero-order valence-corrected chi connectivity index (χ0v) is 14.4. The van der Waals surface area contributed by atoms with Crippen LogP contribution < -0.4 is 5.32 Å². The van der Waals surface area contributed by atoms with Gasteiger partial charge >= 0.3 is 0 Å². The van der Waals surface area contributed by atoms with E-state index in [0.29, 0.717) is 37.7 Å². The van der Waals surface area contributed by atoms with Gasteiger partial charge in [0.25, 0.3) is 5.91 Å². The number of nitrogens with one attached hydrogen (secondary N) is 1. The van der Waals surface area contributed by atoms with Crippen molar-refractivity contribution in [2.45, 2.75) is 24.7 Å². The van der Waals surface area contributed by atoms with Gasteiger partial charge in [0.2, 0.25) is 10.0 Å². The predicted octanol–water partition coefficient (Wildman–Crippen LogP) is 1.48. The van der Waals surface area contributed by atoms with Gasteiger partial charge in [-0.25, -0.2) is 8.42 Å². The molecule has 0 saturated carbocycles. The molecule has 0 aromatic heterocycles. The molecule has 7 heteroatoms. The maximum absolute atomic E-state index is 12.7. The second kappa shape index (κ2) is 7.90. The van der Waals surface area contributed by atoms with Gasteiger partial charge in [-0.2, -0.15) is 4.31 Å². The molecule has 1 aliphatic heterocycles. The highest BCUT2D eigenvalue weighted by atomic mass is 32.2. The van der Waals surface area contributed by atoms with E-state index in [1.807, 2.05) is 0 Å². The number of carbonyl (C=O) groups excluding carboxylic acids is 1. The summed E-state index contributed by atoms with van der Waals surface area (Å²) in [4.78, 5) is 12.2. The molecule has 0 radical (unpaired) electrons. The van der Waals surface area contributed by atoms with Crippen LogP contribution in [-0.2, 0) is 14.8 Å². The van der Waals surface area contributed by atoms with Gasteiger partial charge in [-0.3, -0.25) is 4.79 Å². The summed E-state index contributed by atoms with van der Waals surface area (Å²) < 4.78 is 31.8. The molecule has 6 nitrogen and oxygen atoms in total. The van der Waals surface area contributed by atoms with E-state index in [2.05, 4.69) is 12.2 Å². The minimum absolute atomic E-state index is 0.173. The average Bonchev–Trinajstić information content (AvgIpc) is 2.55. The van der Waals surface area contributed by atoms with E-state index >= 15 is 0 Å². The summed E-state index contributed by atoms with van der Waals surface area (Å²) in [5.74, 6) is 0.255. The van der Waals surface area contributed by atoms with Crippen molar-refractivity contribution >= 4 is 15.9 Å². The Kier molecular flexibility index (Phi) is 6.15. The van der Waals surface area contributed by atoms with Crippen molar-refractivity contribution in [2.75, 3.05) is 33.4 Å². The molecule has 0 bridgehead atoms. The number of methoxy groups -OCH3 is 1. The second-order valence-corrected chi connectivity index (χ2v) is 7.80. The molecular formula is C16H24N2O4S. The van der Waals surface area contributed by atoms with E-state index in [-0.39, 0.29) is 10.8 Å². The van der Waals surface area contributed by atoms with E-state index in [9.17, 15) is 13.2 Å². The Labute approximate surface area is 137 Å². The molecule has 0 unspecified atom stereocenters. The lowest BCUT2D eigenvalue weighted by Gasteiger charge is -2.29. The first-order valence-corrected chi connectivity index (χ1v) is 9.26. The number of nitrogens with zero attached hydrogens (tertiary/aromatic N) is 1. The molecule has 1 amide bonds. The fraction of sp³-hybridized carbons (Fsp3) is 0.562. The van der Waals surface area contributed by atoms with Crippen molar-refractivity contribution in [2.24, 2.45) is 5.92 Å². The van der Waals surface area contributed by atoms with Crippen molar-refractivity contribution in [3.63, 3.8) is 0 Å². The minimum atomic E-state index is -3.54. The molecule has 1 fully saturated rings. The Morgan fingerprint density at radius 2 is 2.04 bits per heavy atom. The highest BCUT2D eigenvalue weighted by Gasteiger charge is 2.28. The smallest absolute Gasteiger partial charge is 0.251 e. The summed E-state index contributed by atoms with van der Waals surface area (Å²) in [5, 5.41) is 2.69. The van der Waals surface area contributed by atoms with Crippen LogP contribution in [0.1, 0.15) is 30.1 Å². The third-order valence-electron chi connectivity index (χ3n) is 4.07. The molecule has 1 N–H and O–H groups in total. The van der Waals surface area contributed by atoms with Crippen LogP contribution in [0.3, 0.4) is 0 Å². The highest BCUT2D eigenvalue weighted by molar-refractivity contribution is 7.89. The first kappa shape index (κ1) is 17.9.